The highest BCUT2D eigenvalue weighted by Gasteiger charge is 2.19. The number of halogens is 2. The van der Waals surface area contributed by atoms with Crippen LogP contribution < -0.4 is 21.9 Å². The molecular weight excluding hydrogens is 347 g/mol. The Bertz CT molecular complexity index is 716. The summed E-state index contributed by atoms with van der Waals surface area (Å²) in [6.07, 6.45) is 6.73. The van der Waals surface area contributed by atoms with E-state index in [4.69, 9.17) is 11.6 Å². The Morgan fingerprint density at radius 3 is 2.38 bits per heavy atom. The molecule has 0 spiro atoms. The van der Waals surface area contributed by atoms with Gasteiger partial charge in [-0.2, -0.15) is 4.57 Å². The third-order valence-corrected chi connectivity index (χ3v) is 5.59. The van der Waals surface area contributed by atoms with E-state index in [0.29, 0.717) is 4.47 Å². The molecule has 4 nitrogen and oxygen atoms in total. The van der Waals surface area contributed by atoms with Crippen LogP contribution in [0.1, 0.15) is 12.8 Å². The number of nitrogens with zero attached hydrogens (tertiary/aromatic N) is 4. The predicted molar refractivity (Wildman–Crippen MR) is 83.3 cm³/mol. The molecular formula is C13H12Cl2N4S2. The van der Waals surface area contributed by atoms with Crippen molar-refractivity contribution in [2.24, 2.45) is 0 Å². The monoisotopic (exact) mass is 358 g/mol. The molecule has 0 aromatic carbocycles. The van der Waals surface area contributed by atoms with Crippen molar-refractivity contribution in [2.45, 2.75) is 12.8 Å². The van der Waals surface area contributed by atoms with E-state index in [1.54, 1.807) is 11.3 Å². The molecule has 110 valence electrons. The topological polar surface area (TPSA) is 32.9 Å². The smallest absolute Gasteiger partial charge is 0.390 e. The molecule has 1 aliphatic rings. The molecule has 0 radical (unpaired) electrons. The zero-order chi connectivity index (χ0) is 13.5. The number of anilines is 1. The van der Waals surface area contributed by atoms with Gasteiger partial charge in [0.15, 0.2) is 9.30 Å². The molecule has 0 N–H and O–H groups in total. The third-order valence-electron chi connectivity index (χ3n) is 3.44. The fourth-order valence-corrected chi connectivity index (χ4v) is 4.54. The Morgan fingerprint density at radius 2 is 1.71 bits per heavy atom. The summed E-state index contributed by atoms with van der Waals surface area (Å²) in [7, 11) is 0. The van der Waals surface area contributed by atoms with Gasteiger partial charge in [-0.05, 0) is 29.2 Å². The summed E-state index contributed by atoms with van der Waals surface area (Å²) in [6.45, 7) is 2.33. The van der Waals surface area contributed by atoms with Crippen molar-refractivity contribution >= 4 is 49.6 Å². The minimum atomic E-state index is 0. The Kier molecular flexibility index (Phi) is 4.31. The van der Waals surface area contributed by atoms with Gasteiger partial charge in [0.25, 0.3) is 4.83 Å². The van der Waals surface area contributed by atoms with Crippen molar-refractivity contribution in [1.82, 2.24) is 9.97 Å². The molecule has 0 aliphatic carbocycles. The maximum Gasteiger partial charge on any atom is 0.390 e. The highest BCUT2D eigenvalue weighted by atomic mass is 35.5. The maximum atomic E-state index is 5.88. The highest BCUT2D eigenvalue weighted by Crippen LogP contribution is 2.29. The fourth-order valence-electron chi connectivity index (χ4n) is 2.45. The lowest BCUT2D eigenvalue weighted by Gasteiger charge is -2.16. The predicted octanol–water partition coefficient (Wildman–Crippen LogP) is 0.287. The minimum Gasteiger partial charge on any atom is -1.00 e. The lowest BCUT2D eigenvalue weighted by Crippen LogP contribution is -3.00. The van der Waals surface area contributed by atoms with Crippen molar-refractivity contribution in [2.75, 3.05) is 18.0 Å². The van der Waals surface area contributed by atoms with Crippen LogP contribution in [0.2, 0.25) is 4.47 Å². The van der Waals surface area contributed by atoms with E-state index >= 15 is 0 Å². The van der Waals surface area contributed by atoms with E-state index in [0.717, 1.165) is 14.8 Å². The molecule has 3 aromatic rings. The second-order valence-corrected chi connectivity index (χ2v) is 7.25. The number of hydrogen-bond donors (Lipinski definition) is 0. The van der Waals surface area contributed by atoms with Crippen molar-refractivity contribution in [1.29, 1.82) is 0 Å². The van der Waals surface area contributed by atoms with E-state index in [1.165, 1.54) is 43.0 Å². The lowest BCUT2D eigenvalue weighted by molar-refractivity contribution is -0.595. The van der Waals surface area contributed by atoms with E-state index in [1.807, 2.05) is 4.57 Å². The second-order valence-electron chi connectivity index (χ2n) is 4.73. The Hall–Kier alpha value is -0.950. The first-order valence-corrected chi connectivity index (χ1v) is 8.50. The zero-order valence-electron chi connectivity index (χ0n) is 11.0. The van der Waals surface area contributed by atoms with Crippen LogP contribution >= 0.6 is 34.3 Å². The van der Waals surface area contributed by atoms with Crippen molar-refractivity contribution in [3.63, 3.8) is 0 Å². The molecule has 4 heterocycles. The van der Waals surface area contributed by atoms with E-state index in [2.05, 4.69) is 39.4 Å². The van der Waals surface area contributed by atoms with Gasteiger partial charge in [-0.1, -0.05) is 22.9 Å². The van der Waals surface area contributed by atoms with Gasteiger partial charge in [-0.25, -0.2) is 4.98 Å². The summed E-state index contributed by atoms with van der Waals surface area (Å²) in [5, 5.41) is 0.934. The number of thiazole rings is 2. The van der Waals surface area contributed by atoms with Crippen LogP contribution in [0.5, 0.6) is 0 Å². The molecule has 0 atom stereocenters. The molecule has 0 amide bonds. The first-order chi connectivity index (χ1) is 9.79. The first kappa shape index (κ1) is 15.0. The number of hydrogen-bond acceptors (Lipinski definition) is 5. The largest absolute Gasteiger partial charge is 1.00 e. The normalized spacial score (nSPS) is 14.6. The maximum absolute atomic E-state index is 5.88. The Morgan fingerprint density at radius 1 is 1.05 bits per heavy atom. The Labute approximate surface area is 141 Å². The summed E-state index contributed by atoms with van der Waals surface area (Å²) >= 11 is 8.86. The first-order valence-electron chi connectivity index (χ1n) is 6.49. The van der Waals surface area contributed by atoms with Crippen molar-refractivity contribution in [3.05, 3.63) is 29.0 Å². The van der Waals surface area contributed by atoms with Gasteiger partial charge in [0.2, 0.25) is 0 Å². The van der Waals surface area contributed by atoms with Gasteiger partial charge >= 0.3 is 5.13 Å². The van der Waals surface area contributed by atoms with Crippen LogP contribution in [0.25, 0.3) is 14.8 Å². The molecule has 0 bridgehead atoms. The van der Waals surface area contributed by atoms with E-state index in [-0.39, 0.29) is 12.4 Å². The molecule has 3 aromatic heterocycles. The Balaban J connectivity index is 0.00000132. The molecule has 4 rings (SSSR count). The molecule has 0 unspecified atom stereocenters. The SMILES string of the molecule is Clc1nc2sc(-[n+]3ccc(N4CCCC4)cc3)nc2s1.[Cl-]. The van der Waals surface area contributed by atoms with E-state index < -0.39 is 0 Å². The minimum absolute atomic E-state index is 0. The number of fused-ring (bicyclic) bond motifs is 1. The number of pyridine rings is 1. The van der Waals surface area contributed by atoms with Crippen LogP contribution in [0.15, 0.2) is 24.5 Å². The quantitative estimate of drug-likeness (QED) is 0.617. The summed E-state index contributed by atoms with van der Waals surface area (Å²) in [5.41, 5.74) is 1.29. The van der Waals surface area contributed by atoms with Crippen molar-refractivity contribution < 1.29 is 17.0 Å². The van der Waals surface area contributed by atoms with Crippen LogP contribution in [0, 0.1) is 0 Å². The van der Waals surface area contributed by atoms with Gasteiger partial charge in [-0.15, -0.1) is 0 Å². The number of rotatable bonds is 2. The fraction of sp³-hybridized carbons (Fsp3) is 0.308. The molecule has 8 heteroatoms. The van der Waals surface area contributed by atoms with Gasteiger partial charge in [0.05, 0.1) is 12.4 Å². The van der Waals surface area contributed by atoms with Crippen LogP contribution in [0.3, 0.4) is 0 Å². The average Bonchev–Trinajstić information content (AvgIpc) is 3.13. The second kappa shape index (κ2) is 6.04. The van der Waals surface area contributed by atoms with Gasteiger partial charge in [-0.3, -0.25) is 0 Å². The van der Waals surface area contributed by atoms with Gasteiger partial charge in [0.1, 0.15) is 0 Å². The van der Waals surface area contributed by atoms with Crippen LogP contribution in [-0.4, -0.2) is 23.1 Å². The lowest BCUT2D eigenvalue weighted by atomic mass is 10.3. The standard InChI is InChI=1S/C13H12ClN4S2.ClH/c14-12-15-10-11(19-12)16-13(20-10)18-7-3-9(4-8-18)17-5-1-2-6-17;/h3-4,7-8H,1-2,5-6H2;1H/q+1;/p-1. The molecule has 1 fully saturated rings. The molecule has 1 aliphatic heterocycles. The van der Waals surface area contributed by atoms with Gasteiger partial charge in [0, 0.05) is 30.9 Å². The third kappa shape index (κ3) is 2.85. The molecule has 21 heavy (non-hydrogen) atoms. The average molecular weight is 359 g/mol. The molecule has 0 saturated carbocycles. The summed E-state index contributed by atoms with van der Waals surface area (Å²) in [6, 6.07) is 4.31. The van der Waals surface area contributed by atoms with Crippen LogP contribution in [0.4, 0.5) is 5.69 Å². The number of aromatic nitrogens is 3. The van der Waals surface area contributed by atoms with Crippen LogP contribution in [-0.2, 0) is 0 Å². The van der Waals surface area contributed by atoms with Gasteiger partial charge < -0.3 is 17.3 Å². The molecule has 1 saturated heterocycles. The zero-order valence-corrected chi connectivity index (χ0v) is 14.1. The summed E-state index contributed by atoms with van der Waals surface area (Å²) in [5.74, 6) is 0. The van der Waals surface area contributed by atoms with E-state index in [9.17, 15) is 0 Å². The summed E-state index contributed by atoms with van der Waals surface area (Å²) < 4.78 is 2.59. The van der Waals surface area contributed by atoms with Crippen molar-refractivity contribution in [3.8, 4) is 5.13 Å². The highest BCUT2D eigenvalue weighted by molar-refractivity contribution is 7.28. The summed E-state index contributed by atoms with van der Waals surface area (Å²) in [4.78, 5) is 13.1.